The SMILES string of the molecule is O=S(=O)([O-])C(F)(F)C(F)(F)C(F)(F)S(=O)(=O)Oc1cccc([S+]2c3ccccc3Sc3ccccc32)c1. The van der Waals surface area contributed by atoms with E-state index in [0.717, 1.165) is 31.7 Å². The van der Waals surface area contributed by atoms with Crippen LogP contribution in [0, 0.1) is 0 Å². The lowest BCUT2D eigenvalue weighted by Gasteiger charge is -2.32. The van der Waals surface area contributed by atoms with Crippen molar-refractivity contribution in [3.8, 4) is 5.75 Å². The van der Waals surface area contributed by atoms with Gasteiger partial charge >= 0.3 is 26.5 Å². The number of alkyl halides is 6. The molecule has 37 heavy (non-hydrogen) atoms. The number of hydrogen-bond acceptors (Lipinski definition) is 7. The van der Waals surface area contributed by atoms with Crippen LogP contribution in [0.25, 0.3) is 0 Å². The Hall–Kier alpha value is -2.40. The largest absolute Gasteiger partial charge is 0.743 e. The van der Waals surface area contributed by atoms with Crippen molar-refractivity contribution in [3.63, 3.8) is 0 Å². The van der Waals surface area contributed by atoms with Gasteiger partial charge < -0.3 is 8.74 Å². The Morgan fingerprint density at radius 2 is 1.24 bits per heavy atom. The molecule has 3 aromatic carbocycles. The van der Waals surface area contributed by atoms with Crippen LogP contribution in [0.2, 0.25) is 0 Å². The molecule has 0 N–H and O–H groups in total. The van der Waals surface area contributed by atoms with E-state index in [1.165, 1.54) is 23.9 Å². The van der Waals surface area contributed by atoms with E-state index in [4.69, 9.17) is 0 Å². The molecule has 3 aromatic rings. The van der Waals surface area contributed by atoms with Gasteiger partial charge in [0.05, 0.1) is 9.79 Å². The summed E-state index contributed by atoms with van der Waals surface area (Å²) >= 11 is 1.46. The van der Waals surface area contributed by atoms with Crippen molar-refractivity contribution >= 4 is 42.9 Å². The normalized spacial score (nSPS) is 15.1. The van der Waals surface area contributed by atoms with E-state index < -0.39 is 53.3 Å². The molecule has 4 rings (SSSR count). The minimum absolute atomic E-state index is 0.315. The number of halogens is 6. The fourth-order valence-electron chi connectivity index (χ4n) is 3.21. The van der Waals surface area contributed by atoms with Crippen LogP contribution in [0.1, 0.15) is 0 Å². The van der Waals surface area contributed by atoms with Gasteiger partial charge in [0, 0.05) is 6.07 Å². The molecule has 0 saturated carbocycles. The smallest absolute Gasteiger partial charge is 0.450 e. The molecule has 0 radical (unpaired) electrons. The fourth-order valence-corrected chi connectivity index (χ4v) is 8.40. The predicted molar refractivity (Wildman–Crippen MR) is 120 cm³/mol. The molecular formula is C21H12F6O6S4. The summed E-state index contributed by atoms with van der Waals surface area (Å²) in [6, 6.07) is 18.7. The second kappa shape index (κ2) is 9.11. The van der Waals surface area contributed by atoms with Crippen molar-refractivity contribution < 1.29 is 51.9 Å². The highest BCUT2D eigenvalue weighted by molar-refractivity contribution is 8.04. The van der Waals surface area contributed by atoms with Gasteiger partial charge in [0.15, 0.2) is 24.8 Å². The molecule has 0 spiro atoms. The highest BCUT2D eigenvalue weighted by Crippen LogP contribution is 2.51. The Morgan fingerprint density at radius 3 is 1.76 bits per heavy atom. The van der Waals surface area contributed by atoms with Crippen LogP contribution in [0.4, 0.5) is 26.3 Å². The zero-order valence-corrected chi connectivity index (χ0v) is 21.0. The summed E-state index contributed by atoms with van der Waals surface area (Å²) in [5.41, 5.74) is 0. The van der Waals surface area contributed by atoms with E-state index in [1.807, 2.05) is 12.1 Å². The third-order valence-corrected chi connectivity index (χ3v) is 10.9. The molecule has 1 heterocycles. The van der Waals surface area contributed by atoms with E-state index in [1.54, 1.807) is 36.4 Å². The molecule has 0 aromatic heterocycles. The van der Waals surface area contributed by atoms with Crippen LogP contribution in [-0.2, 0) is 31.1 Å². The van der Waals surface area contributed by atoms with Crippen LogP contribution < -0.4 is 4.18 Å². The second-order valence-corrected chi connectivity index (χ2v) is 13.4. The maximum absolute atomic E-state index is 14.2. The molecule has 1 aliphatic rings. The van der Waals surface area contributed by atoms with Crippen molar-refractivity contribution in [2.24, 2.45) is 0 Å². The summed E-state index contributed by atoms with van der Waals surface area (Å²) in [4.78, 5) is 3.56. The number of hydrogen-bond donors (Lipinski definition) is 0. The lowest BCUT2D eigenvalue weighted by atomic mass is 10.3. The third kappa shape index (κ3) is 4.47. The van der Waals surface area contributed by atoms with Crippen molar-refractivity contribution in [1.29, 1.82) is 0 Å². The first-order valence-electron chi connectivity index (χ1n) is 9.74. The molecule has 0 atom stereocenters. The minimum Gasteiger partial charge on any atom is -0.743 e. The molecular weight excluding hydrogens is 590 g/mol. The van der Waals surface area contributed by atoms with Crippen molar-refractivity contribution in [3.05, 3.63) is 72.8 Å². The average molecular weight is 603 g/mol. The van der Waals surface area contributed by atoms with Gasteiger partial charge in [-0.25, -0.2) is 8.42 Å². The highest BCUT2D eigenvalue weighted by atomic mass is 32.2. The lowest BCUT2D eigenvalue weighted by molar-refractivity contribution is -0.247. The summed E-state index contributed by atoms with van der Waals surface area (Å²) in [7, 11) is -15.3. The van der Waals surface area contributed by atoms with Crippen LogP contribution in [0.15, 0.2) is 97.3 Å². The first kappa shape index (κ1) is 27.6. The van der Waals surface area contributed by atoms with Gasteiger partial charge in [-0.3, -0.25) is 0 Å². The Balaban J connectivity index is 1.75. The summed E-state index contributed by atoms with van der Waals surface area (Å²) in [5.74, 6) is -8.08. The lowest BCUT2D eigenvalue weighted by Crippen LogP contribution is -2.61. The molecule has 0 saturated heterocycles. The molecule has 1 aliphatic heterocycles. The summed E-state index contributed by atoms with van der Waals surface area (Å²) in [5, 5.41) is -13.8. The van der Waals surface area contributed by atoms with Crippen LogP contribution in [0.5, 0.6) is 5.75 Å². The Morgan fingerprint density at radius 1 is 0.730 bits per heavy atom. The molecule has 198 valence electrons. The van der Waals surface area contributed by atoms with Crippen molar-refractivity contribution in [1.82, 2.24) is 0 Å². The average Bonchev–Trinajstić information content (AvgIpc) is 2.81. The van der Waals surface area contributed by atoms with E-state index in [-0.39, 0.29) is 0 Å². The maximum Gasteiger partial charge on any atom is 0.450 e. The van der Waals surface area contributed by atoms with E-state index in [2.05, 4.69) is 4.18 Å². The molecule has 0 fully saturated rings. The molecule has 0 bridgehead atoms. The highest BCUT2D eigenvalue weighted by Gasteiger charge is 2.81. The standard InChI is InChI=1S/C21H12F6O6S4/c22-19(23,20(24,25)36(28,29)30)21(26,27)37(31,32)33-13-6-5-7-14(12-13)35-17-10-3-1-8-15(17)34-16-9-2-4-11-18(16)35/h1-12H. The number of fused-ring (bicyclic) bond motifs is 2. The first-order chi connectivity index (χ1) is 17.0. The molecule has 0 aliphatic carbocycles. The van der Waals surface area contributed by atoms with Gasteiger partial charge in [0.1, 0.15) is 16.6 Å². The van der Waals surface area contributed by atoms with Gasteiger partial charge in [-0.05, 0) is 36.4 Å². The quantitative estimate of drug-likeness (QED) is 0.122. The molecule has 0 unspecified atom stereocenters. The molecule has 0 amide bonds. The summed E-state index contributed by atoms with van der Waals surface area (Å²) in [6.45, 7) is 0. The maximum atomic E-state index is 14.2. The first-order valence-corrected chi connectivity index (χ1v) is 14.6. The van der Waals surface area contributed by atoms with Crippen molar-refractivity contribution in [2.75, 3.05) is 0 Å². The Labute approximate surface area is 213 Å². The third-order valence-electron chi connectivity index (χ3n) is 4.96. The van der Waals surface area contributed by atoms with Gasteiger partial charge in [-0.15, -0.1) is 0 Å². The molecule has 16 heteroatoms. The predicted octanol–water partition coefficient (Wildman–Crippen LogP) is 5.32. The van der Waals surface area contributed by atoms with Gasteiger partial charge in [0.2, 0.25) is 0 Å². The topological polar surface area (TPSA) is 101 Å². The van der Waals surface area contributed by atoms with Gasteiger partial charge in [-0.1, -0.05) is 42.1 Å². The fraction of sp³-hybridized carbons (Fsp3) is 0.143. The van der Waals surface area contributed by atoms with E-state index in [9.17, 15) is 47.7 Å². The summed E-state index contributed by atoms with van der Waals surface area (Å²) < 4.78 is 143. The van der Waals surface area contributed by atoms with E-state index in [0.29, 0.717) is 4.90 Å². The second-order valence-electron chi connectivity index (χ2n) is 7.38. The van der Waals surface area contributed by atoms with Gasteiger partial charge in [0.25, 0.3) is 0 Å². The Kier molecular flexibility index (Phi) is 6.80. The number of rotatable bonds is 7. The minimum atomic E-state index is -7.39. The van der Waals surface area contributed by atoms with Crippen LogP contribution >= 0.6 is 11.8 Å². The van der Waals surface area contributed by atoms with Gasteiger partial charge in [-0.2, -0.15) is 34.8 Å². The van der Waals surface area contributed by atoms with Crippen LogP contribution in [-0.4, -0.2) is 37.8 Å². The zero-order valence-electron chi connectivity index (χ0n) is 17.8. The summed E-state index contributed by atoms with van der Waals surface area (Å²) in [6.07, 6.45) is 0. The van der Waals surface area contributed by atoms with Crippen LogP contribution in [0.3, 0.4) is 0 Å². The molecule has 6 nitrogen and oxygen atoms in total. The number of benzene rings is 3. The van der Waals surface area contributed by atoms with Crippen molar-refractivity contribution in [2.45, 2.75) is 40.9 Å². The van der Waals surface area contributed by atoms with E-state index >= 15 is 0 Å². The zero-order chi connectivity index (χ0) is 27.4. The Bertz CT molecular complexity index is 1530. The monoisotopic (exact) mass is 602 g/mol.